The van der Waals surface area contributed by atoms with Gasteiger partial charge in [-0.2, -0.15) is 13.2 Å². The molecular formula is C24H22F3N3O3. The molecule has 1 aliphatic carbocycles. The van der Waals surface area contributed by atoms with Crippen LogP contribution in [0.5, 0.6) is 0 Å². The van der Waals surface area contributed by atoms with Crippen LogP contribution in [-0.2, 0) is 24.2 Å². The topological polar surface area (TPSA) is 105 Å². The Morgan fingerprint density at radius 2 is 1.67 bits per heavy atom. The van der Waals surface area contributed by atoms with Crippen molar-refractivity contribution >= 4 is 11.9 Å². The number of carbonyl (C=O) groups excluding carboxylic acids is 1. The number of nitrogens with two attached hydrogens (primary N) is 1. The summed E-state index contributed by atoms with van der Waals surface area (Å²) in [5.41, 5.74) is 11.6. The number of halogens is 3. The first-order valence-electron chi connectivity index (χ1n) is 10.1. The number of amides is 1. The Kier molecular flexibility index (Phi) is 7.44. The zero-order chi connectivity index (χ0) is 24.0. The van der Waals surface area contributed by atoms with E-state index in [1.54, 1.807) is 12.1 Å². The van der Waals surface area contributed by atoms with Gasteiger partial charge in [-0.1, -0.05) is 42.5 Å². The smallest absolute Gasteiger partial charge is 0.475 e. The van der Waals surface area contributed by atoms with E-state index in [9.17, 15) is 18.0 Å². The number of benzene rings is 2. The number of aromatic nitrogens is 1. The lowest BCUT2D eigenvalue weighted by atomic mass is 10.1. The van der Waals surface area contributed by atoms with Crippen LogP contribution in [0.1, 0.15) is 27.0 Å². The number of carboxylic acids is 1. The molecule has 2 aromatic carbocycles. The third-order valence-electron chi connectivity index (χ3n) is 5.16. The van der Waals surface area contributed by atoms with Crippen molar-refractivity contribution in [2.75, 3.05) is 0 Å². The average Bonchev–Trinajstić information content (AvgIpc) is 3.21. The molecule has 9 heteroatoms. The van der Waals surface area contributed by atoms with Crippen LogP contribution in [0, 0.1) is 0 Å². The highest BCUT2D eigenvalue weighted by Crippen LogP contribution is 2.22. The number of carboxylic acid groups (broad SMARTS) is 1. The molecule has 0 fully saturated rings. The molecule has 6 nitrogen and oxygen atoms in total. The van der Waals surface area contributed by atoms with Gasteiger partial charge >= 0.3 is 12.1 Å². The van der Waals surface area contributed by atoms with Crippen LogP contribution >= 0.6 is 0 Å². The molecule has 0 atom stereocenters. The number of alkyl halides is 3. The minimum atomic E-state index is -5.08. The Morgan fingerprint density at radius 1 is 1.03 bits per heavy atom. The first-order valence-corrected chi connectivity index (χ1v) is 10.1. The van der Waals surface area contributed by atoms with Gasteiger partial charge in [0.1, 0.15) is 0 Å². The number of rotatable bonds is 5. The van der Waals surface area contributed by atoms with Crippen molar-refractivity contribution in [1.82, 2.24) is 10.3 Å². The van der Waals surface area contributed by atoms with Gasteiger partial charge in [0.25, 0.3) is 0 Å². The number of nitrogens with zero attached hydrogens (tertiary/aromatic N) is 1. The second-order valence-electron chi connectivity index (χ2n) is 7.55. The summed E-state index contributed by atoms with van der Waals surface area (Å²) in [5.74, 6) is -3.18. The second kappa shape index (κ2) is 10.3. The Balaban J connectivity index is 0.000000383. The highest BCUT2D eigenvalue weighted by atomic mass is 19.4. The van der Waals surface area contributed by atoms with Gasteiger partial charge in [-0.05, 0) is 47.7 Å². The van der Waals surface area contributed by atoms with E-state index in [1.807, 2.05) is 24.4 Å². The largest absolute Gasteiger partial charge is 0.490 e. The molecule has 0 bridgehead atoms. The van der Waals surface area contributed by atoms with Gasteiger partial charge in [0, 0.05) is 29.9 Å². The molecule has 1 heterocycles. The fourth-order valence-electron chi connectivity index (χ4n) is 3.50. The highest BCUT2D eigenvalue weighted by molar-refractivity contribution is 5.94. The van der Waals surface area contributed by atoms with E-state index in [0.29, 0.717) is 11.6 Å². The van der Waals surface area contributed by atoms with Gasteiger partial charge in [-0.3, -0.25) is 9.78 Å². The van der Waals surface area contributed by atoms with Crippen LogP contribution in [0.4, 0.5) is 13.2 Å². The van der Waals surface area contributed by atoms with Crippen molar-refractivity contribution in [2.45, 2.75) is 31.6 Å². The summed E-state index contributed by atoms with van der Waals surface area (Å²) in [5, 5.41) is 10.8. The van der Waals surface area contributed by atoms with Crippen LogP contribution < -0.4 is 11.1 Å². The van der Waals surface area contributed by atoms with E-state index in [1.165, 1.54) is 11.1 Å². The Hall–Kier alpha value is -3.72. The number of hydrogen-bond donors (Lipinski definition) is 3. The van der Waals surface area contributed by atoms with Crippen LogP contribution in [-0.4, -0.2) is 34.2 Å². The number of carbonyl (C=O) groups is 2. The number of aliphatic carboxylic acids is 1. The molecule has 0 radical (unpaired) electrons. The van der Waals surface area contributed by atoms with E-state index in [0.717, 1.165) is 36.2 Å². The average molecular weight is 457 g/mol. The standard InChI is InChI=1S/C22H21N3O.C2HF3O2/c23-22(26)19-7-3-6-18(10-19)21-9-8-15(14-25-21)13-24-20-11-16-4-1-2-5-17(16)12-20;3-2(4,5)1(6)7/h1-10,14,20,24H,11-13H2,(H2,23,26);(H,6,7). The fraction of sp³-hybridized carbons (Fsp3) is 0.208. The van der Waals surface area contributed by atoms with Crippen molar-refractivity contribution in [3.8, 4) is 11.3 Å². The van der Waals surface area contributed by atoms with E-state index in [2.05, 4.69) is 40.6 Å². The van der Waals surface area contributed by atoms with Crippen LogP contribution in [0.25, 0.3) is 11.3 Å². The molecule has 1 aliphatic rings. The third-order valence-corrected chi connectivity index (χ3v) is 5.16. The SMILES string of the molecule is NC(=O)c1cccc(-c2ccc(CNC3Cc4ccccc4C3)cn2)c1.O=C(O)C(F)(F)F. The molecule has 1 aromatic heterocycles. The predicted molar refractivity (Wildman–Crippen MR) is 116 cm³/mol. The summed E-state index contributed by atoms with van der Waals surface area (Å²) in [6.45, 7) is 0.799. The molecule has 0 saturated carbocycles. The van der Waals surface area contributed by atoms with Crippen LogP contribution in [0.2, 0.25) is 0 Å². The molecule has 172 valence electrons. The zero-order valence-corrected chi connectivity index (χ0v) is 17.5. The van der Waals surface area contributed by atoms with Gasteiger partial charge in [-0.15, -0.1) is 0 Å². The number of primary amides is 1. The zero-order valence-electron chi connectivity index (χ0n) is 17.5. The van der Waals surface area contributed by atoms with Gasteiger partial charge in [0.15, 0.2) is 0 Å². The fourth-order valence-corrected chi connectivity index (χ4v) is 3.50. The highest BCUT2D eigenvalue weighted by Gasteiger charge is 2.38. The van der Waals surface area contributed by atoms with Gasteiger partial charge in [-0.25, -0.2) is 4.79 Å². The second-order valence-corrected chi connectivity index (χ2v) is 7.55. The lowest BCUT2D eigenvalue weighted by Crippen LogP contribution is -2.28. The van der Waals surface area contributed by atoms with Crippen molar-refractivity contribution in [1.29, 1.82) is 0 Å². The summed E-state index contributed by atoms with van der Waals surface area (Å²) < 4.78 is 31.7. The van der Waals surface area contributed by atoms with E-state index in [-0.39, 0.29) is 0 Å². The first kappa shape index (κ1) is 23.9. The first-order chi connectivity index (χ1) is 15.6. The molecule has 1 amide bonds. The molecule has 4 N–H and O–H groups in total. The number of hydrogen-bond acceptors (Lipinski definition) is 4. The Bertz CT molecular complexity index is 1110. The summed E-state index contributed by atoms with van der Waals surface area (Å²) >= 11 is 0. The lowest BCUT2D eigenvalue weighted by molar-refractivity contribution is -0.192. The number of fused-ring (bicyclic) bond motifs is 1. The Labute approximate surface area is 188 Å². The Morgan fingerprint density at radius 3 is 2.18 bits per heavy atom. The normalized spacial score (nSPS) is 13.1. The maximum atomic E-state index is 11.3. The quantitative estimate of drug-likeness (QED) is 0.541. The lowest BCUT2D eigenvalue weighted by Gasteiger charge is -2.12. The molecule has 4 rings (SSSR count). The summed E-state index contributed by atoms with van der Waals surface area (Å²) in [4.78, 5) is 24.8. The summed E-state index contributed by atoms with van der Waals surface area (Å²) in [6, 6.07) is 20.4. The summed E-state index contributed by atoms with van der Waals surface area (Å²) in [6.07, 6.45) is -1.02. The van der Waals surface area contributed by atoms with Gasteiger partial charge < -0.3 is 16.2 Å². The van der Waals surface area contributed by atoms with Crippen LogP contribution in [0.15, 0.2) is 66.9 Å². The van der Waals surface area contributed by atoms with E-state index in [4.69, 9.17) is 15.6 Å². The molecular weight excluding hydrogens is 435 g/mol. The van der Waals surface area contributed by atoms with Crippen molar-refractivity contribution < 1.29 is 27.9 Å². The minimum absolute atomic E-state index is 0.426. The number of nitrogens with one attached hydrogen (secondary N) is 1. The van der Waals surface area contributed by atoms with Crippen molar-refractivity contribution in [3.05, 3.63) is 89.1 Å². The molecule has 0 aliphatic heterocycles. The summed E-state index contributed by atoms with van der Waals surface area (Å²) in [7, 11) is 0. The molecule has 0 spiro atoms. The van der Waals surface area contributed by atoms with Crippen LogP contribution in [0.3, 0.4) is 0 Å². The van der Waals surface area contributed by atoms with Crippen molar-refractivity contribution in [3.63, 3.8) is 0 Å². The monoisotopic (exact) mass is 457 g/mol. The maximum Gasteiger partial charge on any atom is 0.490 e. The van der Waals surface area contributed by atoms with E-state index >= 15 is 0 Å². The number of pyridine rings is 1. The molecule has 0 saturated heterocycles. The minimum Gasteiger partial charge on any atom is -0.475 e. The molecule has 0 unspecified atom stereocenters. The maximum absolute atomic E-state index is 11.3. The van der Waals surface area contributed by atoms with Gasteiger partial charge in [0.05, 0.1) is 5.69 Å². The van der Waals surface area contributed by atoms with Crippen molar-refractivity contribution in [2.24, 2.45) is 5.73 Å². The molecule has 3 aromatic rings. The predicted octanol–water partition coefficient (Wildman–Crippen LogP) is 3.74. The third kappa shape index (κ3) is 6.63. The van der Waals surface area contributed by atoms with E-state index < -0.39 is 18.1 Å². The molecule has 33 heavy (non-hydrogen) atoms. The van der Waals surface area contributed by atoms with Gasteiger partial charge in [0.2, 0.25) is 5.91 Å².